The van der Waals surface area contributed by atoms with E-state index in [-0.39, 0.29) is 0 Å². The van der Waals surface area contributed by atoms with Crippen LogP contribution in [0.2, 0.25) is 0 Å². The number of nitrogens with one attached hydrogen (secondary N) is 1. The SMILES string of the molecule is Cc1cc(C2=CSCC2)n[nH]1. The van der Waals surface area contributed by atoms with Gasteiger partial charge < -0.3 is 0 Å². The lowest BCUT2D eigenvalue weighted by Crippen LogP contribution is -1.80. The van der Waals surface area contributed by atoms with Crippen molar-refractivity contribution in [3.63, 3.8) is 0 Å². The highest BCUT2D eigenvalue weighted by atomic mass is 32.2. The number of aromatic amines is 1. The molecule has 1 N–H and O–H groups in total. The number of hydrogen-bond acceptors (Lipinski definition) is 2. The van der Waals surface area contributed by atoms with Crippen molar-refractivity contribution >= 4 is 17.3 Å². The average molecular weight is 166 g/mol. The summed E-state index contributed by atoms with van der Waals surface area (Å²) in [6.07, 6.45) is 1.16. The van der Waals surface area contributed by atoms with E-state index in [1.807, 2.05) is 18.7 Å². The van der Waals surface area contributed by atoms with Crippen molar-refractivity contribution in [2.75, 3.05) is 5.75 Å². The summed E-state index contributed by atoms with van der Waals surface area (Å²) in [6.45, 7) is 2.03. The molecule has 0 radical (unpaired) electrons. The summed E-state index contributed by atoms with van der Waals surface area (Å²) in [4.78, 5) is 0. The fraction of sp³-hybridized carbons (Fsp3) is 0.375. The second-order valence-corrected chi connectivity index (χ2v) is 3.68. The Kier molecular flexibility index (Phi) is 1.74. The summed E-state index contributed by atoms with van der Waals surface area (Å²) >= 11 is 1.87. The molecule has 58 valence electrons. The van der Waals surface area contributed by atoms with Crippen molar-refractivity contribution in [1.82, 2.24) is 10.2 Å². The number of thioether (sulfide) groups is 1. The summed E-state index contributed by atoms with van der Waals surface area (Å²) in [5.41, 5.74) is 3.63. The van der Waals surface area contributed by atoms with Crippen molar-refractivity contribution in [1.29, 1.82) is 0 Å². The molecule has 0 spiro atoms. The van der Waals surface area contributed by atoms with E-state index in [9.17, 15) is 0 Å². The van der Waals surface area contributed by atoms with Crippen LogP contribution in [0.25, 0.3) is 5.57 Å². The zero-order chi connectivity index (χ0) is 7.68. The molecule has 0 aromatic carbocycles. The summed E-state index contributed by atoms with van der Waals surface area (Å²) < 4.78 is 0. The van der Waals surface area contributed by atoms with Crippen molar-refractivity contribution in [2.45, 2.75) is 13.3 Å². The molecule has 0 atom stereocenters. The third-order valence-corrected chi connectivity index (χ3v) is 2.64. The van der Waals surface area contributed by atoms with Gasteiger partial charge in [-0.25, -0.2) is 0 Å². The van der Waals surface area contributed by atoms with Crippen LogP contribution in [0.5, 0.6) is 0 Å². The number of H-pyrrole nitrogens is 1. The van der Waals surface area contributed by atoms with Crippen molar-refractivity contribution < 1.29 is 0 Å². The molecule has 0 bridgehead atoms. The van der Waals surface area contributed by atoms with Crippen molar-refractivity contribution in [3.8, 4) is 0 Å². The van der Waals surface area contributed by atoms with Crippen LogP contribution in [0.3, 0.4) is 0 Å². The smallest absolute Gasteiger partial charge is 0.0888 e. The maximum Gasteiger partial charge on any atom is 0.0888 e. The van der Waals surface area contributed by atoms with E-state index in [0.29, 0.717) is 0 Å². The summed E-state index contributed by atoms with van der Waals surface area (Å²) in [5, 5.41) is 9.34. The first-order valence-corrected chi connectivity index (χ1v) is 4.74. The molecular weight excluding hydrogens is 156 g/mol. The van der Waals surface area contributed by atoms with Gasteiger partial charge in [0, 0.05) is 11.4 Å². The van der Waals surface area contributed by atoms with Gasteiger partial charge in [0.05, 0.1) is 5.69 Å². The average Bonchev–Trinajstić information content (AvgIpc) is 2.55. The number of hydrogen-bond donors (Lipinski definition) is 1. The quantitative estimate of drug-likeness (QED) is 0.692. The third-order valence-electron chi connectivity index (χ3n) is 1.75. The van der Waals surface area contributed by atoms with Gasteiger partial charge in [0.15, 0.2) is 0 Å². The van der Waals surface area contributed by atoms with E-state index in [1.54, 1.807) is 0 Å². The molecule has 0 saturated heterocycles. The summed E-state index contributed by atoms with van der Waals surface area (Å²) in [6, 6.07) is 2.09. The van der Waals surface area contributed by atoms with Crippen LogP contribution < -0.4 is 0 Å². The maximum atomic E-state index is 4.19. The van der Waals surface area contributed by atoms with Gasteiger partial charge in [0.25, 0.3) is 0 Å². The Morgan fingerprint density at radius 2 is 2.55 bits per heavy atom. The molecule has 0 fully saturated rings. The molecule has 2 rings (SSSR count). The fourth-order valence-corrected chi connectivity index (χ4v) is 2.05. The Morgan fingerprint density at radius 1 is 1.64 bits per heavy atom. The zero-order valence-corrected chi connectivity index (χ0v) is 7.24. The van der Waals surface area contributed by atoms with Crippen LogP contribution in [0.15, 0.2) is 11.5 Å². The van der Waals surface area contributed by atoms with Gasteiger partial charge in [-0.15, -0.1) is 11.8 Å². The molecule has 1 aromatic heterocycles. The first-order chi connectivity index (χ1) is 5.36. The monoisotopic (exact) mass is 166 g/mol. The molecular formula is C8H10N2S. The van der Waals surface area contributed by atoms with Crippen LogP contribution in [0, 0.1) is 6.92 Å². The van der Waals surface area contributed by atoms with Crippen LogP contribution >= 0.6 is 11.8 Å². The maximum absolute atomic E-state index is 4.19. The lowest BCUT2D eigenvalue weighted by atomic mass is 10.2. The Balaban J connectivity index is 2.28. The van der Waals surface area contributed by atoms with Gasteiger partial charge in [-0.2, -0.15) is 5.10 Å². The van der Waals surface area contributed by atoms with Crippen LogP contribution in [0.4, 0.5) is 0 Å². The Bertz CT molecular complexity index is 288. The second-order valence-electron chi connectivity index (χ2n) is 2.70. The van der Waals surface area contributed by atoms with E-state index in [2.05, 4.69) is 21.7 Å². The van der Waals surface area contributed by atoms with Gasteiger partial charge >= 0.3 is 0 Å². The molecule has 0 amide bonds. The topological polar surface area (TPSA) is 28.7 Å². The molecule has 1 aliphatic heterocycles. The summed E-state index contributed by atoms with van der Waals surface area (Å²) in [7, 11) is 0. The first kappa shape index (κ1) is 6.98. The van der Waals surface area contributed by atoms with E-state index in [1.165, 1.54) is 11.3 Å². The lowest BCUT2D eigenvalue weighted by Gasteiger charge is -1.90. The Hall–Kier alpha value is -0.700. The third kappa shape index (κ3) is 1.33. The molecule has 0 aliphatic carbocycles. The molecule has 0 unspecified atom stereocenters. The second kappa shape index (κ2) is 2.74. The van der Waals surface area contributed by atoms with E-state index in [4.69, 9.17) is 0 Å². The van der Waals surface area contributed by atoms with E-state index < -0.39 is 0 Å². The van der Waals surface area contributed by atoms with Crippen LogP contribution in [0.1, 0.15) is 17.8 Å². The number of aromatic nitrogens is 2. The van der Waals surface area contributed by atoms with E-state index >= 15 is 0 Å². The highest BCUT2D eigenvalue weighted by molar-refractivity contribution is 8.02. The predicted molar refractivity (Wildman–Crippen MR) is 48.4 cm³/mol. The molecule has 11 heavy (non-hydrogen) atoms. The molecule has 1 aliphatic rings. The van der Waals surface area contributed by atoms with Gasteiger partial charge in [-0.05, 0) is 30.4 Å². The normalized spacial score (nSPS) is 17.0. The van der Waals surface area contributed by atoms with Crippen molar-refractivity contribution in [2.24, 2.45) is 0 Å². The highest BCUT2D eigenvalue weighted by Crippen LogP contribution is 2.28. The molecule has 2 nitrogen and oxygen atoms in total. The number of aryl methyl sites for hydroxylation is 1. The summed E-state index contributed by atoms with van der Waals surface area (Å²) in [5.74, 6) is 1.21. The first-order valence-electron chi connectivity index (χ1n) is 3.69. The van der Waals surface area contributed by atoms with Crippen molar-refractivity contribution in [3.05, 3.63) is 22.9 Å². The molecule has 3 heteroatoms. The number of allylic oxidation sites excluding steroid dienone is 1. The zero-order valence-electron chi connectivity index (χ0n) is 6.42. The minimum absolute atomic E-state index is 1.12. The predicted octanol–water partition coefficient (Wildman–Crippen LogP) is 2.20. The standard InChI is InChI=1S/C8H10N2S/c1-6-4-8(10-9-6)7-2-3-11-5-7/h4-5H,2-3H2,1H3,(H,9,10). The van der Waals surface area contributed by atoms with Gasteiger partial charge in [0.1, 0.15) is 0 Å². The molecule has 1 aromatic rings. The van der Waals surface area contributed by atoms with Gasteiger partial charge in [-0.3, -0.25) is 5.10 Å². The van der Waals surface area contributed by atoms with Gasteiger partial charge in [0.2, 0.25) is 0 Å². The Labute approximate surface area is 70.1 Å². The highest BCUT2D eigenvalue weighted by Gasteiger charge is 2.09. The van der Waals surface area contributed by atoms with Gasteiger partial charge in [-0.1, -0.05) is 0 Å². The Morgan fingerprint density at radius 3 is 3.09 bits per heavy atom. The lowest BCUT2D eigenvalue weighted by molar-refractivity contribution is 1.03. The van der Waals surface area contributed by atoms with E-state index in [0.717, 1.165) is 17.8 Å². The number of nitrogens with zero attached hydrogens (tertiary/aromatic N) is 1. The minimum atomic E-state index is 1.12. The fourth-order valence-electron chi connectivity index (χ4n) is 1.16. The van der Waals surface area contributed by atoms with Crippen LogP contribution in [-0.2, 0) is 0 Å². The minimum Gasteiger partial charge on any atom is -0.282 e. The molecule has 2 heterocycles. The molecule has 0 saturated carbocycles. The van der Waals surface area contributed by atoms with Crippen LogP contribution in [-0.4, -0.2) is 16.0 Å². The number of rotatable bonds is 1. The largest absolute Gasteiger partial charge is 0.282 e.